The van der Waals surface area contributed by atoms with E-state index in [4.69, 9.17) is 18.7 Å². The molecule has 210 valence electrons. The number of phosphoric ester groups is 1. The number of carbonyl (C=O) groups excluding carboxylic acids is 1. The fraction of sp³-hybridized carbons (Fsp3) is 0.231. The second-order valence-corrected chi connectivity index (χ2v) is 10.3. The highest BCUT2D eigenvalue weighted by Gasteiger charge is 2.54. The Morgan fingerprint density at radius 2 is 1.71 bits per heavy atom. The number of nitrogens with zero attached hydrogens (tertiary/aromatic N) is 4. The largest absolute Gasteiger partial charge is 0.469 e. The smallest absolute Gasteiger partial charge is 0.347 e. The lowest BCUT2D eigenvalue weighted by molar-refractivity contribution is -0.129. The molecule has 2 aliphatic rings. The van der Waals surface area contributed by atoms with Crippen LogP contribution in [0.1, 0.15) is 11.8 Å². The molecule has 2 saturated heterocycles. The molecule has 0 bridgehead atoms. The highest BCUT2D eigenvalue weighted by molar-refractivity contribution is 7.46. The molecule has 2 aromatic carbocycles. The van der Waals surface area contributed by atoms with E-state index in [-0.39, 0.29) is 11.3 Å². The summed E-state index contributed by atoms with van der Waals surface area (Å²) in [5, 5.41) is 5.38. The number of aromatic nitrogens is 4. The van der Waals surface area contributed by atoms with Gasteiger partial charge in [-0.15, -0.1) is 0 Å². The molecule has 2 unspecified atom stereocenters. The number of ether oxygens (including phenoxy) is 3. The van der Waals surface area contributed by atoms with Gasteiger partial charge in [-0.05, 0) is 30.2 Å². The van der Waals surface area contributed by atoms with Crippen LogP contribution < -0.4 is 10.6 Å². The lowest BCUT2D eigenvalue weighted by Crippen LogP contribution is -2.31. The van der Waals surface area contributed by atoms with E-state index in [9.17, 15) is 19.1 Å². The monoisotopic (exact) mass is 578 g/mol. The second-order valence-electron chi connectivity index (χ2n) is 9.01. The van der Waals surface area contributed by atoms with Crippen molar-refractivity contribution in [1.82, 2.24) is 19.5 Å². The predicted molar refractivity (Wildman–Crippen MR) is 143 cm³/mol. The van der Waals surface area contributed by atoms with Gasteiger partial charge in [-0.3, -0.25) is 14.4 Å². The summed E-state index contributed by atoms with van der Waals surface area (Å²) >= 11 is 0. The van der Waals surface area contributed by atoms with E-state index in [2.05, 4.69) is 37.4 Å². The number of hydrogen-bond acceptors (Lipinski definition) is 9. The van der Waals surface area contributed by atoms with E-state index in [0.717, 1.165) is 5.56 Å². The van der Waals surface area contributed by atoms with Crippen LogP contribution in [0.3, 0.4) is 0 Å². The number of imidazole rings is 1. The highest BCUT2D eigenvalue weighted by atomic mass is 31.2. The summed E-state index contributed by atoms with van der Waals surface area (Å²) in [4.78, 5) is 43.9. The third-order valence-corrected chi connectivity index (χ3v) is 6.74. The number of benzene rings is 2. The molecule has 15 heteroatoms. The fourth-order valence-electron chi connectivity index (χ4n) is 4.52. The van der Waals surface area contributed by atoms with Gasteiger partial charge in [-0.1, -0.05) is 42.3 Å². The van der Waals surface area contributed by atoms with Gasteiger partial charge in [-0.2, -0.15) is 0 Å². The van der Waals surface area contributed by atoms with Gasteiger partial charge in [0, 0.05) is 11.3 Å². The maximum absolute atomic E-state index is 12.6. The van der Waals surface area contributed by atoms with Crippen LogP contribution in [0.4, 0.5) is 16.3 Å². The van der Waals surface area contributed by atoms with Crippen LogP contribution in [0, 0.1) is 11.8 Å². The Hall–Kier alpha value is -4.19. The van der Waals surface area contributed by atoms with Crippen LogP contribution in [0.2, 0.25) is 0 Å². The van der Waals surface area contributed by atoms with Crippen molar-refractivity contribution >= 4 is 36.5 Å². The Morgan fingerprint density at radius 3 is 2.46 bits per heavy atom. The molecular weight excluding hydrogens is 555 g/mol. The number of anilines is 2. The minimum atomic E-state index is -4.78. The van der Waals surface area contributed by atoms with E-state index < -0.39 is 51.3 Å². The number of hydrogen-bond donors (Lipinski definition) is 4. The molecule has 0 saturated carbocycles. The van der Waals surface area contributed by atoms with Crippen LogP contribution >= 0.6 is 7.82 Å². The predicted octanol–water partition coefficient (Wildman–Crippen LogP) is 2.64. The standard InChI is InChI=1S/C26H23N6O8P/c33-26(30-17-9-5-2-6-10-17)31-23-20-24(28-14-27-23)32(15-29-20)25-22-21(18(38-25)13-37-41(34,35)36)39-19(40-22)12-11-16-7-3-1-4-8-16/h1-10,14-15,18-19,21-22,25H,13H2,(H2,34,35,36)(H2,27,28,30,31,33)/t18-,19?,21+,22?,25-/m1/s1. The molecule has 6 rings (SSSR count). The highest BCUT2D eigenvalue weighted by Crippen LogP contribution is 2.43. The number of carbonyl (C=O) groups is 1. The van der Waals surface area contributed by atoms with Crippen molar-refractivity contribution in [2.45, 2.75) is 30.8 Å². The minimum Gasteiger partial charge on any atom is -0.347 e. The third-order valence-electron chi connectivity index (χ3n) is 6.26. The lowest BCUT2D eigenvalue weighted by Gasteiger charge is -2.20. The van der Waals surface area contributed by atoms with Crippen LogP contribution in [-0.4, -0.2) is 66.5 Å². The van der Waals surface area contributed by atoms with Gasteiger partial charge in [0.1, 0.15) is 24.6 Å². The molecule has 41 heavy (non-hydrogen) atoms. The normalized spacial score (nSPS) is 23.5. The first kappa shape index (κ1) is 27.0. The van der Waals surface area contributed by atoms with Gasteiger partial charge in [0.2, 0.25) is 6.29 Å². The van der Waals surface area contributed by atoms with Crippen molar-refractivity contribution < 1.29 is 37.9 Å². The Labute approximate surface area is 232 Å². The van der Waals surface area contributed by atoms with Crippen molar-refractivity contribution in [3.63, 3.8) is 0 Å². The zero-order valence-corrected chi connectivity index (χ0v) is 22.0. The first-order valence-corrected chi connectivity index (χ1v) is 13.9. The van der Waals surface area contributed by atoms with E-state index in [1.54, 1.807) is 28.8 Å². The number of nitrogens with one attached hydrogen (secondary N) is 2. The van der Waals surface area contributed by atoms with Crippen LogP contribution in [0.5, 0.6) is 0 Å². The van der Waals surface area contributed by atoms with Crippen molar-refractivity contribution in [1.29, 1.82) is 0 Å². The first-order valence-electron chi connectivity index (χ1n) is 12.4. The van der Waals surface area contributed by atoms with Gasteiger partial charge < -0.3 is 29.3 Å². The zero-order chi connectivity index (χ0) is 28.4. The SMILES string of the molecule is O=C(Nc1ccccc1)Nc1ncnc2c1ncn2[C@@H]1O[C@H](COP(=O)(O)O)[C@@H]2OC(C#Cc3ccccc3)OC21. The van der Waals surface area contributed by atoms with Crippen molar-refractivity contribution in [3.8, 4) is 11.8 Å². The lowest BCUT2D eigenvalue weighted by atomic mass is 10.1. The molecule has 4 aromatic rings. The van der Waals surface area contributed by atoms with Crippen molar-refractivity contribution in [2.75, 3.05) is 17.2 Å². The van der Waals surface area contributed by atoms with Gasteiger partial charge in [0.25, 0.3) is 0 Å². The zero-order valence-electron chi connectivity index (χ0n) is 21.1. The topological polar surface area (TPSA) is 179 Å². The molecule has 14 nitrogen and oxygen atoms in total. The average Bonchev–Trinajstić information content (AvgIpc) is 3.66. The molecule has 2 aliphatic heterocycles. The number of fused-ring (bicyclic) bond motifs is 2. The van der Waals surface area contributed by atoms with Gasteiger partial charge in [-0.25, -0.2) is 24.3 Å². The molecule has 0 radical (unpaired) electrons. The summed E-state index contributed by atoms with van der Waals surface area (Å²) in [5.41, 5.74) is 1.96. The van der Waals surface area contributed by atoms with E-state index >= 15 is 0 Å². The number of urea groups is 1. The summed E-state index contributed by atoms with van der Waals surface area (Å²) in [5.74, 6) is 6.07. The van der Waals surface area contributed by atoms with Crippen molar-refractivity contribution in [2.24, 2.45) is 0 Å². The molecular formula is C26H23N6O8P. The number of phosphoric acid groups is 1. The summed E-state index contributed by atoms with van der Waals surface area (Å²) in [6.07, 6.45) is -1.53. The van der Waals surface area contributed by atoms with Gasteiger partial charge in [0.15, 0.2) is 23.2 Å². The maximum atomic E-state index is 12.6. The summed E-state index contributed by atoms with van der Waals surface area (Å²) < 4.78 is 35.8. The van der Waals surface area contributed by atoms with E-state index in [1.807, 2.05) is 36.4 Å². The fourth-order valence-corrected chi connectivity index (χ4v) is 4.86. The summed E-state index contributed by atoms with van der Waals surface area (Å²) in [6, 6.07) is 17.6. The molecule has 5 atom stereocenters. The molecule has 2 fully saturated rings. The van der Waals surface area contributed by atoms with Crippen LogP contribution in [0.25, 0.3) is 11.2 Å². The molecule has 0 spiro atoms. The molecule has 2 amide bonds. The quantitative estimate of drug-likeness (QED) is 0.195. The Bertz CT molecular complexity index is 1650. The van der Waals surface area contributed by atoms with Gasteiger partial charge in [0.05, 0.1) is 12.9 Å². The van der Waals surface area contributed by atoms with E-state index in [1.165, 1.54) is 12.7 Å². The second kappa shape index (κ2) is 11.4. The number of para-hydroxylation sites is 1. The first-order chi connectivity index (χ1) is 19.8. The number of rotatable bonds is 6. The Kier molecular flexibility index (Phi) is 7.48. The molecule has 4 N–H and O–H groups in total. The van der Waals surface area contributed by atoms with Crippen LogP contribution in [-0.2, 0) is 23.3 Å². The molecule has 4 heterocycles. The third kappa shape index (κ3) is 6.12. The Morgan fingerprint density at radius 1 is 0.976 bits per heavy atom. The Balaban J connectivity index is 1.25. The summed E-state index contributed by atoms with van der Waals surface area (Å²) in [6.45, 7) is -0.460. The van der Waals surface area contributed by atoms with Gasteiger partial charge >= 0.3 is 13.9 Å². The minimum absolute atomic E-state index is 0.160. The summed E-state index contributed by atoms with van der Waals surface area (Å²) in [7, 11) is -4.78. The molecule has 2 aromatic heterocycles. The van der Waals surface area contributed by atoms with Crippen molar-refractivity contribution in [3.05, 3.63) is 78.9 Å². The molecule has 0 aliphatic carbocycles. The maximum Gasteiger partial charge on any atom is 0.469 e. The van der Waals surface area contributed by atoms with E-state index in [0.29, 0.717) is 11.3 Å². The average molecular weight is 578 g/mol. The van der Waals surface area contributed by atoms with Crippen LogP contribution in [0.15, 0.2) is 73.3 Å². The number of amides is 2.